The monoisotopic (exact) mass is 830 g/mol. The molecule has 4 nitrogen and oxygen atoms in total. The lowest BCUT2D eigenvalue weighted by atomic mass is 9.97. The summed E-state index contributed by atoms with van der Waals surface area (Å²) >= 11 is 0. The smallest absolute Gasteiger partial charge is 0.344 e. The molecule has 0 fully saturated rings. The lowest BCUT2D eigenvalue weighted by Crippen LogP contribution is -2.02. The van der Waals surface area contributed by atoms with E-state index in [4.69, 9.17) is 4.42 Å². The Balaban J connectivity index is 1.12. The van der Waals surface area contributed by atoms with E-state index in [1.807, 2.05) is 18.2 Å². The molecule has 0 spiro atoms. The summed E-state index contributed by atoms with van der Waals surface area (Å²) in [6.07, 6.45) is 0. The van der Waals surface area contributed by atoms with Crippen molar-refractivity contribution in [3.8, 4) is 55.9 Å². The van der Waals surface area contributed by atoms with E-state index < -0.39 is 0 Å². The van der Waals surface area contributed by atoms with Gasteiger partial charge in [0.25, 0.3) is 0 Å². The van der Waals surface area contributed by atoms with Gasteiger partial charge in [0, 0.05) is 43.7 Å². The highest BCUT2D eigenvalue weighted by Gasteiger charge is 2.22. The van der Waals surface area contributed by atoms with Gasteiger partial charge in [0.15, 0.2) is 5.58 Å². The molecule has 0 atom stereocenters. The summed E-state index contributed by atoms with van der Waals surface area (Å²) in [4.78, 5) is 14.7. The number of hydrogen-bond donors (Lipinski definition) is 0. The number of aromatic nitrogens is 2. The van der Waals surface area contributed by atoms with Crippen LogP contribution >= 0.6 is 0 Å². The SMILES string of the molecule is O=c1oc2c(ccc3c4ccccc4n(-c4cc(-c5ccccc5)cc(-c5ccccc5)c4)c32)c2cc3c(cc12)c1ccccc1n3-c1cc(-c2ccccc2)cc(-c2ccccc2)c1. The van der Waals surface area contributed by atoms with Gasteiger partial charge in [0.1, 0.15) is 0 Å². The third-order valence-electron chi connectivity index (χ3n) is 13.1. The van der Waals surface area contributed by atoms with Gasteiger partial charge in [-0.25, -0.2) is 4.79 Å². The summed E-state index contributed by atoms with van der Waals surface area (Å²) in [5, 5.41) is 6.43. The first-order chi connectivity index (χ1) is 32.1. The predicted molar refractivity (Wildman–Crippen MR) is 270 cm³/mol. The van der Waals surface area contributed by atoms with Crippen molar-refractivity contribution >= 4 is 65.4 Å². The van der Waals surface area contributed by atoms with Crippen LogP contribution in [0, 0.1) is 0 Å². The number of fused-ring (bicyclic) bond motifs is 10. The van der Waals surface area contributed by atoms with Crippen molar-refractivity contribution in [2.45, 2.75) is 0 Å². The molecule has 13 rings (SSSR count). The first-order valence-electron chi connectivity index (χ1n) is 22.0. The lowest BCUT2D eigenvalue weighted by Gasteiger charge is -2.15. The Kier molecular flexibility index (Phi) is 8.33. The maximum absolute atomic E-state index is 14.7. The van der Waals surface area contributed by atoms with Crippen molar-refractivity contribution in [2.24, 2.45) is 0 Å². The topological polar surface area (TPSA) is 40.1 Å². The van der Waals surface area contributed by atoms with Crippen molar-refractivity contribution in [1.29, 1.82) is 0 Å². The normalized spacial score (nSPS) is 11.8. The zero-order valence-electron chi connectivity index (χ0n) is 35.2. The first kappa shape index (κ1) is 36.9. The molecule has 0 saturated heterocycles. The number of hydrogen-bond acceptors (Lipinski definition) is 2. The zero-order valence-corrected chi connectivity index (χ0v) is 35.2. The molecule has 0 aliphatic carbocycles. The number of benzene rings is 10. The van der Waals surface area contributed by atoms with Gasteiger partial charge in [-0.3, -0.25) is 0 Å². The van der Waals surface area contributed by atoms with Gasteiger partial charge in [0.2, 0.25) is 0 Å². The first-order valence-corrected chi connectivity index (χ1v) is 22.0. The number of rotatable bonds is 6. The molecule has 4 heteroatoms. The summed E-state index contributed by atoms with van der Waals surface area (Å²) in [6, 6.07) is 81.3. The Morgan fingerprint density at radius 3 is 1.20 bits per heavy atom. The summed E-state index contributed by atoms with van der Waals surface area (Å²) in [5.41, 5.74) is 15.2. The van der Waals surface area contributed by atoms with Crippen LogP contribution in [0.5, 0.6) is 0 Å². The molecule has 13 aromatic rings. The van der Waals surface area contributed by atoms with Gasteiger partial charge in [-0.2, -0.15) is 0 Å². The average Bonchev–Trinajstić information content (AvgIpc) is 3.89. The van der Waals surface area contributed by atoms with Crippen molar-refractivity contribution in [3.63, 3.8) is 0 Å². The van der Waals surface area contributed by atoms with Crippen molar-refractivity contribution in [1.82, 2.24) is 9.13 Å². The van der Waals surface area contributed by atoms with E-state index in [1.54, 1.807) is 0 Å². The van der Waals surface area contributed by atoms with Gasteiger partial charge < -0.3 is 13.6 Å². The quantitative estimate of drug-likeness (QED) is 0.124. The molecule has 0 radical (unpaired) electrons. The van der Waals surface area contributed by atoms with Gasteiger partial charge in [-0.05, 0) is 111 Å². The van der Waals surface area contributed by atoms with Crippen molar-refractivity contribution in [3.05, 3.63) is 241 Å². The van der Waals surface area contributed by atoms with Crippen molar-refractivity contribution in [2.75, 3.05) is 0 Å². The summed E-state index contributed by atoms with van der Waals surface area (Å²) in [6.45, 7) is 0. The van der Waals surface area contributed by atoms with Crippen LogP contribution in [-0.4, -0.2) is 9.13 Å². The van der Waals surface area contributed by atoms with Crippen LogP contribution in [0.3, 0.4) is 0 Å². The fourth-order valence-corrected chi connectivity index (χ4v) is 10.1. The molecule has 0 saturated carbocycles. The summed E-state index contributed by atoms with van der Waals surface area (Å²) in [7, 11) is 0. The second-order valence-corrected chi connectivity index (χ2v) is 16.8. The van der Waals surface area contributed by atoms with E-state index >= 15 is 0 Å². The molecule has 3 heterocycles. The second-order valence-electron chi connectivity index (χ2n) is 16.8. The molecule has 3 aromatic heterocycles. The van der Waals surface area contributed by atoms with Gasteiger partial charge in [0.05, 0.1) is 27.5 Å². The van der Waals surface area contributed by atoms with E-state index in [-0.39, 0.29) is 5.63 Å². The molecule has 0 aliphatic rings. The largest absolute Gasteiger partial charge is 0.420 e. The highest BCUT2D eigenvalue weighted by Crippen LogP contribution is 2.43. The minimum atomic E-state index is -0.365. The average molecular weight is 831 g/mol. The third-order valence-corrected chi connectivity index (χ3v) is 13.1. The predicted octanol–water partition coefficient (Wildman–Crippen LogP) is 15.8. The Morgan fingerprint density at radius 2 is 0.692 bits per heavy atom. The highest BCUT2D eigenvalue weighted by atomic mass is 16.4. The molecule has 0 amide bonds. The molecule has 0 bridgehead atoms. The number of nitrogens with zero attached hydrogens (tertiary/aromatic N) is 2. The third kappa shape index (κ3) is 5.96. The van der Waals surface area contributed by atoms with Gasteiger partial charge in [-0.1, -0.05) is 164 Å². The second kappa shape index (κ2) is 14.7. The fourth-order valence-electron chi connectivity index (χ4n) is 10.1. The van der Waals surface area contributed by atoms with E-state index in [0.717, 1.165) is 110 Å². The van der Waals surface area contributed by atoms with E-state index in [1.165, 1.54) is 0 Å². The maximum atomic E-state index is 14.7. The Hall–Kier alpha value is -8.73. The molecular formula is C61H38N2O2. The molecule has 0 N–H and O–H groups in total. The van der Waals surface area contributed by atoms with Gasteiger partial charge >= 0.3 is 5.63 Å². The standard InChI is InChI=1S/C61H38N2O2/c64-61-55-37-54-50-26-14-15-27-56(50)62(47-33-43(39-17-5-1-6-18-39)31-44(34-47)40-19-7-2-8-20-40)58(54)38-53(55)52-30-29-51-49-25-13-16-28-57(49)63(59(51)60(52)65-61)48-35-45(41-21-9-3-10-22-41)32-46(36-48)42-23-11-4-12-24-42/h1-38H. The van der Waals surface area contributed by atoms with Crippen LogP contribution in [0.15, 0.2) is 240 Å². The Morgan fingerprint density at radius 1 is 0.277 bits per heavy atom. The minimum Gasteiger partial charge on any atom is -0.420 e. The molecule has 10 aromatic carbocycles. The minimum absolute atomic E-state index is 0.365. The summed E-state index contributed by atoms with van der Waals surface area (Å²) < 4.78 is 11.3. The van der Waals surface area contributed by atoms with E-state index in [0.29, 0.717) is 11.0 Å². The highest BCUT2D eigenvalue weighted by molar-refractivity contribution is 6.23. The van der Waals surface area contributed by atoms with E-state index in [2.05, 4.69) is 221 Å². The van der Waals surface area contributed by atoms with Crippen molar-refractivity contribution < 1.29 is 4.42 Å². The van der Waals surface area contributed by atoms with Crippen LogP contribution in [0.25, 0.3) is 121 Å². The van der Waals surface area contributed by atoms with Gasteiger partial charge in [-0.15, -0.1) is 0 Å². The summed E-state index contributed by atoms with van der Waals surface area (Å²) in [5.74, 6) is 0. The fraction of sp³-hybridized carbons (Fsp3) is 0. The molecule has 65 heavy (non-hydrogen) atoms. The molecule has 304 valence electrons. The van der Waals surface area contributed by atoms with Crippen LogP contribution in [0.4, 0.5) is 0 Å². The Bertz CT molecular complexity index is 3940. The maximum Gasteiger partial charge on any atom is 0.344 e. The zero-order chi connectivity index (χ0) is 43.0. The molecular weight excluding hydrogens is 793 g/mol. The lowest BCUT2D eigenvalue weighted by molar-refractivity contribution is 0.572. The van der Waals surface area contributed by atoms with Crippen LogP contribution < -0.4 is 5.63 Å². The van der Waals surface area contributed by atoms with Crippen LogP contribution in [0.1, 0.15) is 0 Å². The Labute approximate surface area is 374 Å². The molecule has 0 unspecified atom stereocenters. The van der Waals surface area contributed by atoms with Crippen LogP contribution in [0.2, 0.25) is 0 Å². The van der Waals surface area contributed by atoms with E-state index in [9.17, 15) is 4.79 Å². The van der Waals surface area contributed by atoms with Crippen LogP contribution in [-0.2, 0) is 0 Å². The molecule has 0 aliphatic heterocycles. The number of para-hydroxylation sites is 2.